The molecule has 1 aromatic carbocycles. The van der Waals surface area contributed by atoms with Crippen LogP contribution >= 0.6 is 15.9 Å². The van der Waals surface area contributed by atoms with Crippen molar-refractivity contribution in [3.05, 3.63) is 40.8 Å². The predicted molar refractivity (Wildman–Crippen MR) is 67.4 cm³/mol. The number of rotatable bonds is 2. The predicted octanol–water partition coefficient (Wildman–Crippen LogP) is 0.522. The number of halogens is 1. The third kappa shape index (κ3) is 1.94. The number of nitrogens with two attached hydrogens (primary N) is 2. The van der Waals surface area contributed by atoms with Gasteiger partial charge in [0, 0.05) is 10.7 Å². The van der Waals surface area contributed by atoms with E-state index in [0.29, 0.717) is 11.3 Å². The van der Waals surface area contributed by atoms with Gasteiger partial charge < -0.3 is 5.73 Å². The van der Waals surface area contributed by atoms with Crippen LogP contribution in [0, 0.1) is 0 Å². The minimum absolute atomic E-state index is 0.661. The summed E-state index contributed by atoms with van der Waals surface area (Å²) in [5, 5.41) is 5.44. The van der Waals surface area contributed by atoms with E-state index in [2.05, 4.69) is 25.9 Å². The maximum Gasteiger partial charge on any atom is 0.171 e. The Morgan fingerprint density at radius 1 is 1.38 bits per heavy atom. The lowest BCUT2D eigenvalue weighted by molar-refractivity contribution is -0.103. The van der Waals surface area contributed by atoms with Crippen molar-refractivity contribution in [2.75, 3.05) is 0 Å². The first-order valence-corrected chi connectivity index (χ1v) is 5.43. The van der Waals surface area contributed by atoms with Crippen LogP contribution in [0.25, 0.3) is 16.6 Å². The fourth-order valence-corrected chi connectivity index (χ4v) is 1.70. The van der Waals surface area contributed by atoms with Crippen LogP contribution in [0.5, 0.6) is 0 Å². The molecule has 2 aromatic rings. The molecule has 4 nitrogen and oxygen atoms in total. The summed E-state index contributed by atoms with van der Waals surface area (Å²) in [6, 6.07) is 5.72. The van der Waals surface area contributed by atoms with Gasteiger partial charge in [0.15, 0.2) is 6.21 Å². The third-order valence-electron chi connectivity index (χ3n) is 2.16. The van der Waals surface area contributed by atoms with Crippen molar-refractivity contribution in [3.63, 3.8) is 0 Å². The lowest BCUT2D eigenvalue weighted by atomic mass is 10.2. The molecule has 16 heavy (non-hydrogen) atoms. The van der Waals surface area contributed by atoms with Crippen molar-refractivity contribution < 1.29 is 5.41 Å². The first-order chi connectivity index (χ1) is 7.74. The molecule has 2 rings (SSSR count). The van der Waals surface area contributed by atoms with Gasteiger partial charge in [0.2, 0.25) is 0 Å². The number of fused-ring (bicyclic) bond motifs is 1. The minimum atomic E-state index is 0.661. The molecule has 0 saturated heterocycles. The second-order valence-corrected chi connectivity index (χ2v) is 4.09. The second kappa shape index (κ2) is 4.40. The number of hydrogen-bond acceptors (Lipinski definition) is 3. The highest BCUT2D eigenvalue weighted by molar-refractivity contribution is 9.10. The first kappa shape index (κ1) is 10.8. The van der Waals surface area contributed by atoms with E-state index in [1.54, 1.807) is 6.20 Å². The zero-order valence-electron chi connectivity index (χ0n) is 8.39. The molecule has 0 atom stereocenters. The van der Waals surface area contributed by atoms with E-state index in [4.69, 9.17) is 11.1 Å². The van der Waals surface area contributed by atoms with Crippen LogP contribution < -0.4 is 11.1 Å². The molecule has 0 radical (unpaired) electrons. The van der Waals surface area contributed by atoms with Gasteiger partial charge in [0.05, 0.1) is 28.5 Å². The lowest BCUT2D eigenvalue weighted by Crippen LogP contribution is -2.30. The average molecular weight is 278 g/mol. The van der Waals surface area contributed by atoms with E-state index in [1.165, 1.54) is 12.4 Å². The van der Waals surface area contributed by atoms with Crippen LogP contribution in [0.1, 0.15) is 5.69 Å². The highest BCUT2D eigenvalue weighted by Crippen LogP contribution is 2.18. The van der Waals surface area contributed by atoms with E-state index < -0.39 is 0 Å². The van der Waals surface area contributed by atoms with Crippen LogP contribution in [0.3, 0.4) is 0 Å². The van der Waals surface area contributed by atoms with Crippen molar-refractivity contribution in [1.82, 2.24) is 9.97 Å². The first-order valence-electron chi connectivity index (χ1n) is 4.64. The Balaban J connectivity index is 2.63. The van der Waals surface area contributed by atoms with Gasteiger partial charge in [-0.05, 0) is 18.2 Å². The quantitative estimate of drug-likeness (QED) is 0.786. The third-order valence-corrected chi connectivity index (χ3v) is 2.65. The van der Waals surface area contributed by atoms with Gasteiger partial charge in [-0.1, -0.05) is 15.9 Å². The molecule has 1 aromatic heterocycles. The van der Waals surface area contributed by atoms with Gasteiger partial charge in [-0.15, -0.1) is 0 Å². The summed E-state index contributed by atoms with van der Waals surface area (Å²) in [7, 11) is 0. The van der Waals surface area contributed by atoms with E-state index >= 15 is 0 Å². The highest BCUT2D eigenvalue weighted by atomic mass is 79.9. The van der Waals surface area contributed by atoms with Crippen molar-refractivity contribution in [2.45, 2.75) is 0 Å². The van der Waals surface area contributed by atoms with Crippen LogP contribution in [0.15, 0.2) is 35.1 Å². The molecular formula is C11H10BrN4+. The van der Waals surface area contributed by atoms with Crippen molar-refractivity contribution in [1.29, 1.82) is 0 Å². The zero-order chi connectivity index (χ0) is 11.5. The number of hydrogen-bond donors (Lipinski definition) is 2. The molecule has 5 heteroatoms. The fourth-order valence-electron chi connectivity index (χ4n) is 1.35. The van der Waals surface area contributed by atoms with Crippen LogP contribution in [-0.4, -0.2) is 16.2 Å². The molecule has 0 aliphatic rings. The molecule has 4 N–H and O–H groups in total. The highest BCUT2D eigenvalue weighted by Gasteiger charge is 2.05. The zero-order valence-corrected chi connectivity index (χ0v) is 9.98. The summed E-state index contributed by atoms with van der Waals surface area (Å²) in [5.41, 5.74) is 8.40. The van der Waals surface area contributed by atoms with E-state index in [1.807, 2.05) is 18.2 Å². The Kier molecular flexibility index (Phi) is 2.96. The van der Waals surface area contributed by atoms with Gasteiger partial charge in [-0.2, -0.15) is 0 Å². The Labute approximate surface area is 101 Å². The van der Waals surface area contributed by atoms with Gasteiger partial charge in [-0.25, -0.2) is 4.98 Å². The van der Waals surface area contributed by atoms with Gasteiger partial charge >= 0.3 is 0 Å². The van der Waals surface area contributed by atoms with Crippen molar-refractivity contribution >= 4 is 38.8 Å². The van der Waals surface area contributed by atoms with Gasteiger partial charge in [0.1, 0.15) is 0 Å². The van der Waals surface area contributed by atoms with Crippen LogP contribution in [0.2, 0.25) is 0 Å². The molecule has 0 spiro atoms. The van der Waals surface area contributed by atoms with E-state index in [-0.39, 0.29) is 0 Å². The molecule has 80 valence electrons. The van der Waals surface area contributed by atoms with E-state index in [9.17, 15) is 0 Å². The number of nitrogens with zero attached hydrogens (tertiary/aromatic N) is 2. The van der Waals surface area contributed by atoms with Crippen molar-refractivity contribution in [3.8, 4) is 0 Å². The standard InChI is InChI=1S/C11H9BrN4/c12-8-1-2-9-10(3-8)16-11(6-15-9)7(4-13)5-14/h1-6,13H,14H2/p+1. The summed E-state index contributed by atoms with van der Waals surface area (Å²) in [6.07, 6.45) is 4.47. The Morgan fingerprint density at radius 2 is 2.19 bits per heavy atom. The number of allylic oxidation sites excluding steroid dienone is 1. The summed E-state index contributed by atoms with van der Waals surface area (Å²) < 4.78 is 0.960. The molecule has 0 unspecified atom stereocenters. The lowest BCUT2D eigenvalue weighted by Gasteiger charge is -2.01. The topological polar surface area (TPSA) is 77.4 Å². The fraction of sp³-hybridized carbons (Fsp3) is 0. The Morgan fingerprint density at radius 3 is 2.88 bits per heavy atom. The molecule has 0 bridgehead atoms. The van der Waals surface area contributed by atoms with Gasteiger partial charge in [0.25, 0.3) is 0 Å². The second-order valence-electron chi connectivity index (χ2n) is 3.18. The monoisotopic (exact) mass is 277 g/mol. The Hall–Kier alpha value is -1.75. The van der Waals surface area contributed by atoms with Gasteiger partial charge in [-0.3, -0.25) is 10.4 Å². The van der Waals surface area contributed by atoms with E-state index in [0.717, 1.165) is 15.5 Å². The summed E-state index contributed by atoms with van der Waals surface area (Å²) in [4.78, 5) is 8.71. The molecule has 1 heterocycles. The average Bonchev–Trinajstić information content (AvgIpc) is 2.30. The maximum absolute atomic E-state index is 5.44. The molecule has 0 amide bonds. The molecule has 0 aliphatic heterocycles. The SMILES string of the molecule is NC=C(C=[NH2+])c1cnc2ccc(Br)cc2n1. The normalized spacial score (nSPS) is 11.7. The molecular weight excluding hydrogens is 268 g/mol. The molecule has 0 saturated carbocycles. The smallest absolute Gasteiger partial charge is 0.171 e. The minimum Gasteiger partial charge on any atom is -0.404 e. The number of aromatic nitrogens is 2. The van der Waals surface area contributed by atoms with Crippen LogP contribution in [0.4, 0.5) is 0 Å². The van der Waals surface area contributed by atoms with Crippen molar-refractivity contribution in [2.24, 2.45) is 5.73 Å². The molecule has 0 aliphatic carbocycles. The largest absolute Gasteiger partial charge is 0.404 e. The summed E-state index contributed by atoms with van der Waals surface area (Å²) in [5.74, 6) is 0. The Bertz CT molecular complexity index is 577. The summed E-state index contributed by atoms with van der Waals surface area (Å²) >= 11 is 3.39. The maximum atomic E-state index is 5.44. The summed E-state index contributed by atoms with van der Waals surface area (Å²) in [6.45, 7) is 0. The molecule has 0 fully saturated rings. The van der Waals surface area contributed by atoms with Crippen LogP contribution in [-0.2, 0) is 0 Å². The number of benzene rings is 1.